The molecule has 6 heteroatoms. The normalized spacial score (nSPS) is 14.6. The van der Waals surface area contributed by atoms with Gasteiger partial charge in [0, 0.05) is 39.8 Å². The van der Waals surface area contributed by atoms with Crippen LogP contribution in [0.25, 0.3) is 11.3 Å². The molecule has 2 heterocycles. The van der Waals surface area contributed by atoms with Gasteiger partial charge in [0.2, 0.25) is 5.13 Å². The molecule has 1 aliphatic rings. The van der Waals surface area contributed by atoms with Crippen molar-refractivity contribution in [3.63, 3.8) is 0 Å². The Labute approximate surface area is 172 Å². The van der Waals surface area contributed by atoms with E-state index in [1.165, 1.54) is 24.9 Å². The molecule has 1 saturated heterocycles. The van der Waals surface area contributed by atoms with E-state index >= 15 is 0 Å². The molecular formula is C21H21BrN4S. The van der Waals surface area contributed by atoms with Gasteiger partial charge in [-0.3, -0.25) is 5.43 Å². The highest BCUT2D eigenvalue weighted by molar-refractivity contribution is 9.10. The quantitative estimate of drug-likeness (QED) is 0.390. The van der Waals surface area contributed by atoms with Gasteiger partial charge in [0.15, 0.2) is 0 Å². The number of hydrogen-bond acceptors (Lipinski definition) is 5. The molecule has 0 atom stereocenters. The topological polar surface area (TPSA) is 40.5 Å². The molecule has 27 heavy (non-hydrogen) atoms. The van der Waals surface area contributed by atoms with Crippen LogP contribution in [0.4, 0.5) is 10.8 Å². The predicted molar refractivity (Wildman–Crippen MR) is 119 cm³/mol. The Bertz CT molecular complexity index is 917. The SMILES string of the molecule is Brc1ccc(N2CCCCC2)c(C=NNc2nc(-c3ccccc3)cs2)c1. The van der Waals surface area contributed by atoms with Gasteiger partial charge in [0.1, 0.15) is 0 Å². The van der Waals surface area contributed by atoms with Gasteiger partial charge in [-0.2, -0.15) is 5.10 Å². The Hall–Kier alpha value is -2.18. The Morgan fingerprint density at radius 1 is 1.07 bits per heavy atom. The number of thiazole rings is 1. The first-order chi connectivity index (χ1) is 13.3. The van der Waals surface area contributed by atoms with Crippen LogP contribution in [0.3, 0.4) is 0 Å². The third-order valence-electron chi connectivity index (χ3n) is 4.62. The van der Waals surface area contributed by atoms with E-state index in [1.807, 2.05) is 29.8 Å². The monoisotopic (exact) mass is 440 g/mol. The van der Waals surface area contributed by atoms with Gasteiger partial charge in [-0.05, 0) is 37.5 Å². The molecule has 0 bridgehead atoms. The number of aromatic nitrogens is 1. The zero-order chi connectivity index (χ0) is 18.5. The fraction of sp³-hybridized carbons (Fsp3) is 0.238. The summed E-state index contributed by atoms with van der Waals surface area (Å²) in [5.74, 6) is 0. The summed E-state index contributed by atoms with van der Waals surface area (Å²) in [6.07, 6.45) is 5.72. The van der Waals surface area contributed by atoms with E-state index < -0.39 is 0 Å². The Morgan fingerprint density at radius 2 is 1.89 bits per heavy atom. The van der Waals surface area contributed by atoms with Gasteiger partial charge < -0.3 is 4.90 Å². The molecule has 138 valence electrons. The van der Waals surface area contributed by atoms with Crippen molar-refractivity contribution in [2.75, 3.05) is 23.4 Å². The van der Waals surface area contributed by atoms with Gasteiger partial charge in [0.25, 0.3) is 0 Å². The number of benzene rings is 2. The maximum Gasteiger partial charge on any atom is 0.203 e. The molecule has 0 saturated carbocycles. The first-order valence-corrected chi connectivity index (χ1v) is 10.8. The number of nitrogens with zero attached hydrogens (tertiary/aromatic N) is 3. The van der Waals surface area contributed by atoms with Crippen LogP contribution in [0.15, 0.2) is 63.5 Å². The zero-order valence-electron chi connectivity index (χ0n) is 14.9. The molecule has 2 aromatic carbocycles. The lowest BCUT2D eigenvalue weighted by Gasteiger charge is -2.30. The minimum Gasteiger partial charge on any atom is -0.371 e. The van der Waals surface area contributed by atoms with Crippen molar-refractivity contribution in [1.29, 1.82) is 0 Å². The number of hydrazone groups is 1. The van der Waals surface area contributed by atoms with Crippen molar-refractivity contribution in [3.8, 4) is 11.3 Å². The average molecular weight is 441 g/mol. The van der Waals surface area contributed by atoms with Crippen LogP contribution in [0.2, 0.25) is 0 Å². The smallest absolute Gasteiger partial charge is 0.203 e. The highest BCUT2D eigenvalue weighted by Gasteiger charge is 2.14. The Kier molecular flexibility index (Phi) is 5.84. The lowest BCUT2D eigenvalue weighted by Crippen LogP contribution is -2.30. The zero-order valence-corrected chi connectivity index (χ0v) is 17.3. The maximum absolute atomic E-state index is 4.62. The molecule has 0 radical (unpaired) electrons. The Balaban J connectivity index is 1.48. The van der Waals surface area contributed by atoms with E-state index in [0.717, 1.165) is 39.5 Å². The summed E-state index contributed by atoms with van der Waals surface area (Å²) >= 11 is 5.13. The summed E-state index contributed by atoms with van der Waals surface area (Å²) < 4.78 is 1.06. The van der Waals surface area contributed by atoms with Crippen molar-refractivity contribution in [2.24, 2.45) is 5.10 Å². The van der Waals surface area contributed by atoms with Crippen LogP contribution in [0, 0.1) is 0 Å². The van der Waals surface area contributed by atoms with E-state index in [4.69, 9.17) is 0 Å². The molecule has 0 amide bonds. The van der Waals surface area contributed by atoms with E-state index in [9.17, 15) is 0 Å². The first-order valence-electron chi connectivity index (χ1n) is 9.14. The van der Waals surface area contributed by atoms with Gasteiger partial charge in [-0.1, -0.05) is 46.3 Å². The molecule has 4 nitrogen and oxygen atoms in total. The van der Waals surface area contributed by atoms with Gasteiger partial charge in [0.05, 0.1) is 11.9 Å². The number of halogens is 1. The average Bonchev–Trinajstić information content (AvgIpc) is 3.18. The fourth-order valence-electron chi connectivity index (χ4n) is 3.28. The van der Waals surface area contributed by atoms with Crippen LogP contribution < -0.4 is 10.3 Å². The number of hydrogen-bond donors (Lipinski definition) is 1. The molecule has 1 aromatic heterocycles. The number of nitrogens with one attached hydrogen (secondary N) is 1. The third kappa shape index (κ3) is 4.57. The summed E-state index contributed by atoms with van der Waals surface area (Å²) in [5, 5.41) is 7.28. The van der Waals surface area contributed by atoms with Crippen LogP contribution in [-0.4, -0.2) is 24.3 Å². The maximum atomic E-state index is 4.62. The van der Waals surface area contributed by atoms with Crippen LogP contribution >= 0.6 is 27.3 Å². The van der Waals surface area contributed by atoms with E-state index in [1.54, 1.807) is 11.3 Å². The van der Waals surface area contributed by atoms with E-state index in [2.05, 4.69) is 66.7 Å². The number of piperidine rings is 1. The second-order valence-electron chi connectivity index (χ2n) is 6.52. The van der Waals surface area contributed by atoms with Gasteiger partial charge >= 0.3 is 0 Å². The fourth-order valence-corrected chi connectivity index (χ4v) is 4.32. The summed E-state index contributed by atoms with van der Waals surface area (Å²) in [5.41, 5.74) is 7.51. The van der Waals surface area contributed by atoms with Gasteiger partial charge in [-0.15, -0.1) is 11.3 Å². The summed E-state index contributed by atoms with van der Waals surface area (Å²) in [7, 11) is 0. The number of anilines is 2. The summed E-state index contributed by atoms with van der Waals surface area (Å²) in [4.78, 5) is 7.07. The van der Waals surface area contributed by atoms with Gasteiger partial charge in [-0.25, -0.2) is 4.98 Å². The van der Waals surface area contributed by atoms with Crippen molar-refractivity contribution in [2.45, 2.75) is 19.3 Å². The van der Waals surface area contributed by atoms with Crippen molar-refractivity contribution < 1.29 is 0 Å². The summed E-state index contributed by atoms with van der Waals surface area (Å²) in [6.45, 7) is 2.23. The first kappa shape index (κ1) is 18.2. The standard InChI is InChI=1S/C21H21BrN4S/c22-18-9-10-20(26-11-5-2-6-12-26)17(13-18)14-23-25-21-24-19(15-27-21)16-7-3-1-4-8-16/h1,3-4,7-10,13-15H,2,5-6,11-12H2,(H,24,25). The van der Waals surface area contributed by atoms with Crippen LogP contribution in [0.1, 0.15) is 24.8 Å². The Morgan fingerprint density at radius 3 is 2.70 bits per heavy atom. The molecule has 1 fully saturated rings. The lowest BCUT2D eigenvalue weighted by molar-refractivity contribution is 0.577. The second-order valence-corrected chi connectivity index (χ2v) is 8.30. The van der Waals surface area contributed by atoms with Crippen molar-refractivity contribution in [1.82, 2.24) is 4.98 Å². The molecule has 1 N–H and O–H groups in total. The van der Waals surface area contributed by atoms with E-state index in [0.29, 0.717) is 0 Å². The number of rotatable bonds is 5. The van der Waals surface area contributed by atoms with E-state index in [-0.39, 0.29) is 0 Å². The van der Waals surface area contributed by atoms with Crippen LogP contribution in [0.5, 0.6) is 0 Å². The third-order valence-corrected chi connectivity index (χ3v) is 5.86. The largest absolute Gasteiger partial charge is 0.371 e. The highest BCUT2D eigenvalue weighted by atomic mass is 79.9. The molecule has 3 aromatic rings. The lowest BCUT2D eigenvalue weighted by atomic mass is 10.1. The predicted octanol–water partition coefficient (Wildman–Crippen LogP) is 6.01. The second kappa shape index (κ2) is 8.67. The highest BCUT2D eigenvalue weighted by Crippen LogP contribution is 2.27. The minimum absolute atomic E-state index is 0.791. The van der Waals surface area contributed by atoms with Crippen molar-refractivity contribution in [3.05, 3.63) is 63.9 Å². The molecule has 0 unspecified atom stereocenters. The molecule has 0 spiro atoms. The molecule has 0 aliphatic carbocycles. The van der Waals surface area contributed by atoms with Crippen LogP contribution in [-0.2, 0) is 0 Å². The molecule has 1 aliphatic heterocycles. The molecule has 4 rings (SSSR count). The summed E-state index contributed by atoms with van der Waals surface area (Å²) in [6, 6.07) is 16.6. The molecular weight excluding hydrogens is 420 g/mol. The minimum atomic E-state index is 0.791. The van der Waals surface area contributed by atoms with Crippen molar-refractivity contribution >= 4 is 44.3 Å².